The highest BCUT2D eigenvalue weighted by Gasteiger charge is 2.04. The van der Waals surface area contributed by atoms with Gasteiger partial charge in [-0.05, 0) is 51.0 Å². The van der Waals surface area contributed by atoms with E-state index in [0.29, 0.717) is 11.1 Å². The molecule has 0 aliphatic carbocycles. The highest BCUT2D eigenvalue weighted by molar-refractivity contribution is 7.80. The van der Waals surface area contributed by atoms with Gasteiger partial charge in [0, 0.05) is 11.7 Å². The number of nitrogens with one attached hydrogen (secondary N) is 2. The van der Waals surface area contributed by atoms with Crippen molar-refractivity contribution < 1.29 is 0 Å². The fourth-order valence-corrected chi connectivity index (χ4v) is 1.89. The highest BCUT2D eigenvalue weighted by atomic mass is 32.1. The molecule has 0 heterocycles. The topological polar surface area (TPSA) is 62.4 Å². The van der Waals surface area contributed by atoms with Crippen molar-refractivity contribution in [3.8, 4) is 0 Å². The van der Waals surface area contributed by atoms with Crippen molar-refractivity contribution in [2.24, 2.45) is 10.7 Å². The second kappa shape index (κ2) is 6.35. The van der Waals surface area contributed by atoms with Gasteiger partial charge in [-0.25, -0.2) is 0 Å². The zero-order valence-electron chi connectivity index (χ0n) is 11.2. The molecule has 0 aliphatic heterocycles. The average Bonchev–Trinajstić information content (AvgIpc) is 2.22. The molecule has 0 saturated heterocycles. The Balaban J connectivity index is 2.78. The van der Waals surface area contributed by atoms with E-state index in [0.717, 1.165) is 16.8 Å². The second-order valence-electron chi connectivity index (χ2n) is 4.49. The molecule has 0 unspecified atom stereocenters. The summed E-state index contributed by atoms with van der Waals surface area (Å²) in [6.45, 7) is 8.04. The molecule has 0 aromatic heterocycles. The maximum Gasteiger partial charge on any atom is 0.200 e. The number of rotatable bonds is 2. The van der Waals surface area contributed by atoms with E-state index in [1.807, 2.05) is 45.9 Å². The lowest BCUT2D eigenvalue weighted by molar-refractivity contribution is 0.736. The van der Waals surface area contributed by atoms with E-state index >= 15 is 0 Å². The van der Waals surface area contributed by atoms with Gasteiger partial charge in [0.2, 0.25) is 5.96 Å². The maximum atomic E-state index is 5.83. The Kier molecular flexibility index (Phi) is 5.09. The highest BCUT2D eigenvalue weighted by Crippen LogP contribution is 2.18. The van der Waals surface area contributed by atoms with Crippen LogP contribution in [0.5, 0.6) is 0 Å². The summed E-state index contributed by atoms with van der Waals surface area (Å²) in [5.41, 5.74) is 9.05. The first kappa shape index (κ1) is 14.4. The van der Waals surface area contributed by atoms with Gasteiger partial charge in [0.25, 0.3) is 0 Å². The molecule has 98 valence electrons. The zero-order valence-corrected chi connectivity index (χ0v) is 12.1. The SMILES string of the molecule is Cc1cccc(C)c1NC(N)=NC(=S)NC(C)C. The quantitative estimate of drug-likeness (QED) is 0.436. The van der Waals surface area contributed by atoms with Crippen molar-refractivity contribution in [2.45, 2.75) is 33.7 Å². The summed E-state index contributed by atoms with van der Waals surface area (Å²) in [5.74, 6) is 0.297. The summed E-state index contributed by atoms with van der Waals surface area (Å²) in [7, 11) is 0. The third-order valence-corrected chi connectivity index (χ3v) is 2.58. The van der Waals surface area contributed by atoms with Crippen LogP contribution in [0.15, 0.2) is 23.2 Å². The Morgan fingerprint density at radius 3 is 2.33 bits per heavy atom. The molecule has 0 saturated carbocycles. The van der Waals surface area contributed by atoms with Crippen LogP contribution in [0, 0.1) is 13.8 Å². The van der Waals surface area contributed by atoms with Crippen LogP contribution in [0.1, 0.15) is 25.0 Å². The molecule has 5 heteroatoms. The Labute approximate surface area is 114 Å². The molecule has 0 atom stereocenters. The van der Waals surface area contributed by atoms with Gasteiger partial charge in [-0.2, -0.15) is 4.99 Å². The largest absolute Gasteiger partial charge is 0.369 e. The molecule has 4 nitrogen and oxygen atoms in total. The minimum absolute atomic E-state index is 0.245. The first-order valence-corrected chi connectivity index (χ1v) is 6.29. The van der Waals surface area contributed by atoms with E-state index < -0.39 is 0 Å². The Bertz CT molecular complexity index is 446. The van der Waals surface area contributed by atoms with Gasteiger partial charge in [0.1, 0.15) is 0 Å². The average molecular weight is 264 g/mol. The molecule has 1 aromatic carbocycles. The van der Waals surface area contributed by atoms with Gasteiger partial charge in [-0.1, -0.05) is 18.2 Å². The number of thiocarbonyl (C=S) groups is 1. The fraction of sp³-hybridized carbons (Fsp3) is 0.385. The normalized spacial score (nSPS) is 11.5. The third-order valence-electron chi connectivity index (χ3n) is 2.37. The van der Waals surface area contributed by atoms with Gasteiger partial charge in [-0.15, -0.1) is 0 Å². The van der Waals surface area contributed by atoms with Gasteiger partial charge < -0.3 is 16.4 Å². The fourth-order valence-electron chi connectivity index (χ4n) is 1.56. The number of hydrogen-bond acceptors (Lipinski definition) is 1. The number of aryl methyl sites for hydroxylation is 2. The Hall–Kier alpha value is -1.62. The van der Waals surface area contributed by atoms with Crippen LogP contribution in [0.3, 0.4) is 0 Å². The molecular weight excluding hydrogens is 244 g/mol. The van der Waals surface area contributed by atoms with E-state index in [2.05, 4.69) is 15.6 Å². The van der Waals surface area contributed by atoms with Crippen molar-refractivity contribution >= 4 is 29.0 Å². The van der Waals surface area contributed by atoms with Gasteiger partial charge in [0.15, 0.2) is 5.11 Å². The van der Waals surface area contributed by atoms with E-state index in [1.165, 1.54) is 0 Å². The molecular formula is C13H20N4S. The summed E-state index contributed by atoms with van der Waals surface area (Å²) >= 11 is 5.07. The van der Waals surface area contributed by atoms with E-state index in [1.54, 1.807) is 0 Å². The second-order valence-corrected chi connectivity index (χ2v) is 4.88. The lowest BCUT2D eigenvalue weighted by Crippen LogP contribution is -2.31. The van der Waals surface area contributed by atoms with Gasteiger partial charge in [0.05, 0.1) is 0 Å². The summed E-state index contributed by atoms with van der Waals surface area (Å²) in [4.78, 5) is 4.10. The van der Waals surface area contributed by atoms with Crippen LogP contribution >= 0.6 is 12.2 Å². The van der Waals surface area contributed by atoms with Crippen LogP contribution in [-0.4, -0.2) is 17.1 Å². The number of benzene rings is 1. The predicted octanol–water partition coefficient (Wildman–Crippen LogP) is 2.31. The molecule has 0 spiro atoms. The lowest BCUT2D eigenvalue weighted by atomic mass is 10.1. The minimum atomic E-state index is 0.245. The van der Waals surface area contributed by atoms with Crippen molar-refractivity contribution in [1.29, 1.82) is 0 Å². The van der Waals surface area contributed by atoms with E-state index in [4.69, 9.17) is 18.0 Å². The smallest absolute Gasteiger partial charge is 0.200 e. The van der Waals surface area contributed by atoms with Crippen molar-refractivity contribution in [3.05, 3.63) is 29.3 Å². The van der Waals surface area contributed by atoms with Crippen LogP contribution in [0.2, 0.25) is 0 Å². The third kappa shape index (κ3) is 4.33. The summed E-state index contributed by atoms with van der Waals surface area (Å²) in [6, 6.07) is 6.30. The van der Waals surface area contributed by atoms with Crippen molar-refractivity contribution in [3.63, 3.8) is 0 Å². The molecule has 18 heavy (non-hydrogen) atoms. The molecule has 0 aliphatic rings. The number of anilines is 1. The number of nitrogens with zero attached hydrogens (tertiary/aromatic N) is 1. The van der Waals surface area contributed by atoms with E-state index in [-0.39, 0.29) is 6.04 Å². The number of para-hydroxylation sites is 1. The monoisotopic (exact) mass is 264 g/mol. The maximum absolute atomic E-state index is 5.83. The van der Waals surface area contributed by atoms with Crippen LogP contribution < -0.4 is 16.4 Å². The van der Waals surface area contributed by atoms with Crippen LogP contribution in [0.4, 0.5) is 5.69 Å². The summed E-state index contributed by atoms with van der Waals surface area (Å²) in [5, 5.41) is 6.49. The molecule has 0 radical (unpaired) electrons. The minimum Gasteiger partial charge on any atom is -0.369 e. The molecule has 0 bridgehead atoms. The van der Waals surface area contributed by atoms with Crippen LogP contribution in [-0.2, 0) is 0 Å². The van der Waals surface area contributed by atoms with Crippen molar-refractivity contribution in [2.75, 3.05) is 5.32 Å². The van der Waals surface area contributed by atoms with Crippen molar-refractivity contribution in [1.82, 2.24) is 5.32 Å². The summed E-state index contributed by atoms with van der Waals surface area (Å²) < 4.78 is 0. The first-order valence-electron chi connectivity index (χ1n) is 5.88. The first-order chi connectivity index (χ1) is 8.40. The van der Waals surface area contributed by atoms with Crippen LogP contribution in [0.25, 0.3) is 0 Å². The molecule has 0 amide bonds. The standard InChI is InChI=1S/C13H20N4S/c1-8(2)15-13(18)17-12(14)16-11-9(3)6-5-7-10(11)4/h5-8H,1-4H3,(H4,14,15,16,17,18). The molecule has 0 fully saturated rings. The molecule has 4 N–H and O–H groups in total. The summed E-state index contributed by atoms with van der Waals surface area (Å²) in [6.07, 6.45) is 0. The molecule has 1 rings (SSSR count). The van der Waals surface area contributed by atoms with E-state index in [9.17, 15) is 0 Å². The predicted molar refractivity (Wildman–Crippen MR) is 82.0 cm³/mol. The molecule has 1 aromatic rings. The zero-order chi connectivity index (χ0) is 13.7. The number of nitrogens with two attached hydrogens (primary N) is 1. The lowest BCUT2D eigenvalue weighted by Gasteiger charge is -2.12. The Morgan fingerprint density at radius 2 is 1.83 bits per heavy atom. The number of hydrogen-bond donors (Lipinski definition) is 3. The number of aliphatic imine (C=N–C) groups is 1. The number of guanidine groups is 1. The Morgan fingerprint density at radius 1 is 1.28 bits per heavy atom. The van der Waals surface area contributed by atoms with Gasteiger partial charge >= 0.3 is 0 Å². The van der Waals surface area contributed by atoms with Gasteiger partial charge in [-0.3, -0.25) is 0 Å².